The van der Waals surface area contributed by atoms with Gasteiger partial charge in [0.2, 0.25) is 0 Å². The number of hydrogen-bond acceptors (Lipinski definition) is 3. The molecule has 0 saturated heterocycles. The summed E-state index contributed by atoms with van der Waals surface area (Å²) in [4.78, 5) is 2.69. The van der Waals surface area contributed by atoms with Crippen molar-refractivity contribution >= 4 is 11.3 Å². The molecule has 0 atom stereocenters. The van der Waals surface area contributed by atoms with Crippen molar-refractivity contribution in [1.82, 2.24) is 5.32 Å². The van der Waals surface area contributed by atoms with Crippen molar-refractivity contribution in [2.24, 2.45) is 5.92 Å². The van der Waals surface area contributed by atoms with Gasteiger partial charge in [-0.2, -0.15) is 0 Å². The van der Waals surface area contributed by atoms with Crippen LogP contribution in [0.3, 0.4) is 0 Å². The first-order valence-electron chi connectivity index (χ1n) is 6.27. The minimum atomic E-state index is 0.179. The molecule has 0 bridgehead atoms. The molecule has 0 aliphatic rings. The van der Waals surface area contributed by atoms with E-state index in [1.54, 1.807) is 0 Å². The summed E-state index contributed by atoms with van der Waals surface area (Å²) in [5.74, 6) is 0.608. The van der Waals surface area contributed by atoms with Gasteiger partial charge < -0.3 is 10.1 Å². The minimum Gasteiger partial charge on any atom is -0.376 e. The van der Waals surface area contributed by atoms with E-state index in [2.05, 4.69) is 52.1 Å². The van der Waals surface area contributed by atoms with E-state index in [1.165, 1.54) is 9.75 Å². The fraction of sp³-hybridized carbons (Fsp3) is 0.714. The van der Waals surface area contributed by atoms with Crippen molar-refractivity contribution in [2.45, 2.75) is 53.3 Å². The van der Waals surface area contributed by atoms with Gasteiger partial charge in [-0.3, -0.25) is 0 Å². The lowest BCUT2D eigenvalue weighted by Gasteiger charge is -2.19. The highest BCUT2D eigenvalue weighted by Crippen LogP contribution is 2.18. The number of hydrogen-bond donors (Lipinski definition) is 1. The van der Waals surface area contributed by atoms with Crippen molar-refractivity contribution in [3.63, 3.8) is 0 Å². The van der Waals surface area contributed by atoms with Gasteiger partial charge in [-0.05, 0) is 38.8 Å². The van der Waals surface area contributed by atoms with Crippen molar-refractivity contribution < 1.29 is 4.74 Å². The van der Waals surface area contributed by atoms with Crippen LogP contribution in [0.25, 0.3) is 0 Å². The number of nitrogens with one attached hydrogen (secondary N) is 1. The standard InChI is InChI=1S/C14H25NOS/c1-11(2)9-16-10-13-7-6-12(17-13)8-15-14(3,4)5/h6-7,11,15H,8-10H2,1-5H3. The molecular weight excluding hydrogens is 230 g/mol. The predicted molar refractivity (Wildman–Crippen MR) is 75.4 cm³/mol. The normalized spacial score (nSPS) is 12.4. The zero-order valence-corrected chi connectivity index (χ0v) is 12.5. The van der Waals surface area contributed by atoms with Gasteiger partial charge in [-0.25, -0.2) is 0 Å². The monoisotopic (exact) mass is 255 g/mol. The fourth-order valence-electron chi connectivity index (χ4n) is 1.34. The summed E-state index contributed by atoms with van der Waals surface area (Å²) in [5.41, 5.74) is 0.179. The van der Waals surface area contributed by atoms with Crippen LogP contribution in [0.15, 0.2) is 12.1 Å². The zero-order chi connectivity index (χ0) is 12.9. The summed E-state index contributed by atoms with van der Waals surface area (Å²) < 4.78 is 5.63. The molecule has 1 aromatic rings. The molecule has 3 heteroatoms. The largest absolute Gasteiger partial charge is 0.376 e. The van der Waals surface area contributed by atoms with Gasteiger partial charge in [-0.15, -0.1) is 11.3 Å². The first kappa shape index (κ1) is 14.7. The molecular formula is C14H25NOS. The zero-order valence-electron chi connectivity index (χ0n) is 11.7. The van der Waals surface area contributed by atoms with Crippen LogP contribution in [-0.2, 0) is 17.9 Å². The molecule has 2 nitrogen and oxygen atoms in total. The van der Waals surface area contributed by atoms with Crippen LogP contribution in [0.2, 0.25) is 0 Å². The molecule has 1 rings (SSSR count). The number of ether oxygens (including phenoxy) is 1. The summed E-state index contributed by atoms with van der Waals surface area (Å²) in [6.45, 7) is 13.4. The molecule has 0 radical (unpaired) electrons. The number of rotatable bonds is 6. The van der Waals surface area contributed by atoms with Crippen LogP contribution in [0.4, 0.5) is 0 Å². The van der Waals surface area contributed by atoms with Gasteiger partial charge in [-0.1, -0.05) is 13.8 Å². The van der Waals surface area contributed by atoms with E-state index in [-0.39, 0.29) is 5.54 Å². The van der Waals surface area contributed by atoms with Gasteiger partial charge in [0.1, 0.15) is 0 Å². The molecule has 98 valence electrons. The van der Waals surface area contributed by atoms with E-state index in [0.29, 0.717) is 5.92 Å². The van der Waals surface area contributed by atoms with E-state index >= 15 is 0 Å². The summed E-state index contributed by atoms with van der Waals surface area (Å²) in [6.07, 6.45) is 0. The van der Waals surface area contributed by atoms with Gasteiger partial charge >= 0.3 is 0 Å². The Morgan fingerprint density at radius 2 is 1.88 bits per heavy atom. The molecule has 0 fully saturated rings. The molecule has 0 unspecified atom stereocenters. The lowest BCUT2D eigenvalue weighted by Crippen LogP contribution is -2.34. The lowest BCUT2D eigenvalue weighted by molar-refractivity contribution is 0.0989. The third kappa shape index (κ3) is 6.81. The van der Waals surface area contributed by atoms with Crippen LogP contribution in [0.5, 0.6) is 0 Å². The highest BCUT2D eigenvalue weighted by atomic mass is 32.1. The Labute approximate surface area is 109 Å². The quantitative estimate of drug-likeness (QED) is 0.834. The third-order valence-electron chi connectivity index (χ3n) is 2.21. The second kappa shape index (κ2) is 6.53. The highest BCUT2D eigenvalue weighted by molar-refractivity contribution is 7.11. The summed E-state index contributed by atoms with van der Waals surface area (Å²) in [5, 5.41) is 3.50. The summed E-state index contributed by atoms with van der Waals surface area (Å²) in [6, 6.07) is 4.36. The first-order valence-corrected chi connectivity index (χ1v) is 7.09. The van der Waals surface area contributed by atoms with Crippen LogP contribution in [0.1, 0.15) is 44.4 Å². The van der Waals surface area contributed by atoms with E-state index < -0.39 is 0 Å². The Morgan fingerprint density at radius 1 is 1.24 bits per heavy atom. The third-order valence-corrected chi connectivity index (χ3v) is 3.26. The Morgan fingerprint density at radius 3 is 2.47 bits per heavy atom. The van der Waals surface area contributed by atoms with Crippen molar-refractivity contribution in [3.05, 3.63) is 21.9 Å². The maximum Gasteiger partial charge on any atom is 0.0809 e. The highest BCUT2D eigenvalue weighted by Gasteiger charge is 2.09. The van der Waals surface area contributed by atoms with Crippen molar-refractivity contribution in [3.8, 4) is 0 Å². The van der Waals surface area contributed by atoms with E-state index in [9.17, 15) is 0 Å². The molecule has 1 heterocycles. The van der Waals surface area contributed by atoms with Gasteiger partial charge in [0.15, 0.2) is 0 Å². The van der Waals surface area contributed by atoms with Crippen LogP contribution >= 0.6 is 11.3 Å². The average molecular weight is 255 g/mol. The van der Waals surface area contributed by atoms with Crippen molar-refractivity contribution in [2.75, 3.05) is 6.61 Å². The molecule has 17 heavy (non-hydrogen) atoms. The second-order valence-electron chi connectivity index (χ2n) is 5.88. The van der Waals surface area contributed by atoms with Crippen LogP contribution in [-0.4, -0.2) is 12.1 Å². The molecule has 0 spiro atoms. The average Bonchev–Trinajstić information content (AvgIpc) is 2.61. The van der Waals surface area contributed by atoms with E-state index in [1.807, 2.05) is 11.3 Å². The topological polar surface area (TPSA) is 21.3 Å². The molecule has 1 aromatic heterocycles. The Kier molecular flexibility index (Phi) is 5.63. The molecule has 0 amide bonds. The fourth-order valence-corrected chi connectivity index (χ4v) is 2.24. The van der Waals surface area contributed by atoms with E-state index in [4.69, 9.17) is 4.74 Å². The Bertz CT molecular complexity index is 325. The maximum atomic E-state index is 5.63. The predicted octanol–water partition coefficient (Wildman–Crippen LogP) is 3.81. The SMILES string of the molecule is CC(C)COCc1ccc(CNC(C)(C)C)s1. The Balaban J connectivity index is 2.32. The summed E-state index contributed by atoms with van der Waals surface area (Å²) >= 11 is 1.84. The molecule has 1 N–H and O–H groups in total. The van der Waals surface area contributed by atoms with Crippen LogP contribution in [0, 0.1) is 5.92 Å². The number of thiophene rings is 1. The van der Waals surface area contributed by atoms with E-state index in [0.717, 1.165) is 19.8 Å². The molecule has 0 aromatic carbocycles. The second-order valence-corrected chi connectivity index (χ2v) is 7.13. The first-order chi connectivity index (χ1) is 7.87. The van der Waals surface area contributed by atoms with Gasteiger partial charge in [0, 0.05) is 28.4 Å². The molecule has 0 saturated carbocycles. The van der Waals surface area contributed by atoms with Gasteiger partial charge in [0.05, 0.1) is 6.61 Å². The lowest BCUT2D eigenvalue weighted by atomic mass is 10.1. The molecule has 0 aliphatic carbocycles. The summed E-state index contributed by atoms with van der Waals surface area (Å²) in [7, 11) is 0. The maximum absolute atomic E-state index is 5.63. The smallest absolute Gasteiger partial charge is 0.0809 e. The minimum absolute atomic E-state index is 0.179. The Hall–Kier alpha value is -0.380. The van der Waals surface area contributed by atoms with Crippen LogP contribution < -0.4 is 5.32 Å². The van der Waals surface area contributed by atoms with Gasteiger partial charge in [0.25, 0.3) is 0 Å². The molecule has 0 aliphatic heterocycles. The van der Waals surface area contributed by atoms with Crippen molar-refractivity contribution in [1.29, 1.82) is 0 Å².